The Bertz CT molecular complexity index is 901. The van der Waals surface area contributed by atoms with Crippen LogP contribution >= 0.6 is 0 Å². The van der Waals surface area contributed by atoms with Gasteiger partial charge >= 0.3 is 11.8 Å². The molecule has 0 bridgehead atoms. The van der Waals surface area contributed by atoms with Crippen molar-refractivity contribution in [2.45, 2.75) is 26.4 Å². The third kappa shape index (κ3) is 4.63. The van der Waals surface area contributed by atoms with Crippen LogP contribution in [0.2, 0.25) is 0 Å². The molecule has 27 heavy (non-hydrogen) atoms. The quantitative estimate of drug-likeness (QED) is 0.654. The van der Waals surface area contributed by atoms with Crippen molar-refractivity contribution in [3.63, 3.8) is 0 Å². The van der Waals surface area contributed by atoms with Gasteiger partial charge in [0.15, 0.2) is 0 Å². The van der Waals surface area contributed by atoms with E-state index in [0.29, 0.717) is 12.3 Å². The highest BCUT2D eigenvalue weighted by molar-refractivity contribution is 6.35. The van der Waals surface area contributed by atoms with Crippen LogP contribution in [0.15, 0.2) is 59.2 Å². The monoisotopic (exact) mass is 366 g/mol. The van der Waals surface area contributed by atoms with Crippen molar-refractivity contribution < 1.29 is 14.0 Å². The van der Waals surface area contributed by atoms with Crippen LogP contribution in [0.5, 0.6) is 0 Å². The fourth-order valence-corrected chi connectivity index (χ4v) is 2.88. The maximum Gasteiger partial charge on any atom is 0.309 e. The van der Waals surface area contributed by atoms with Gasteiger partial charge in [0.05, 0.1) is 12.0 Å². The number of aromatic nitrogens is 2. The second-order valence-electron chi connectivity index (χ2n) is 6.28. The Morgan fingerprint density at radius 3 is 2.44 bits per heavy atom. The van der Waals surface area contributed by atoms with Gasteiger partial charge in [-0.05, 0) is 37.6 Å². The number of carbonyl (C=O) groups is 2. The summed E-state index contributed by atoms with van der Waals surface area (Å²) in [5.41, 5.74) is 2.74. The first-order valence-corrected chi connectivity index (χ1v) is 8.70. The number of hydrogen-bond acceptors (Lipinski definition) is 4. The van der Waals surface area contributed by atoms with Gasteiger partial charge in [-0.1, -0.05) is 30.3 Å². The van der Waals surface area contributed by atoms with E-state index in [1.807, 2.05) is 56.3 Å². The average molecular weight is 366 g/mol. The van der Waals surface area contributed by atoms with Crippen molar-refractivity contribution in [1.29, 1.82) is 0 Å². The third-order valence-electron chi connectivity index (χ3n) is 4.17. The fraction of sp³-hybridized carbons (Fsp3) is 0.250. The Labute approximate surface area is 157 Å². The zero-order chi connectivity index (χ0) is 19.2. The Hall–Kier alpha value is -3.35. The fourth-order valence-electron chi connectivity index (χ4n) is 2.88. The number of nitrogens with zero attached hydrogens (tertiary/aromatic N) is 2. The molecule has 0 saturated heterocycles. The molecule has 3 aromatic rings. The molecule has 0 aliphatic rings. The molecule has 0 spiro atoms. The summed E-state index contributed by atoms with van der Waals surface area (Å²) in [4.78, 5) is 24.2. The summed E-state index contributed by atoms with van der Waals surface area (Å²) in [5, 5.41) is 9.76. The van der Waals surface area contributed by atoms with E-state index in [-0.39, 0.29) is 12.6 Å². The maximum absolute atomic E-state index is 12.2. The molecule has 7 heteroatoms. The molecule has 0 aliphatic heterocycles. The van der Waals surface area contributed by atoms with Crippen molar-refractivity contribution in [2.75, 3.05) is 6.54 Å². The highest BCUT2D eigenvalue weighted by Gasteiger charge is 2.22. The highest BCUT2D eigenvalue weighted by atomic mass is 16.3. The molecule has 2 heterocycles. The van der Waals surface area contributed by atoms with Crippen LogP contribution < -0.4 is 10.6 Å². The molecule has 1 aromatic carbocycles. The zero-order valence-electron chi connectivity index (χ0n) is 15.3. The Morgan fingerprint density at radius 2 is 1.81 bits per heavy atom. The minimum atomic E-state index is -0.691. The van der Waals surface area contributed by atoms with Gasteiger partial charge in [-0.2, -0.15) is 5.10 Å². The summed E-state index contributed by atoms with van der Waals surface area (Å²) >= 11 is 0. The number of rotatable bonds is 6. The Morgan fingerprint density at radius 1 is 1.07 bits per heavy atom. The van der Waals surface area contributed by atoms with Crippen LogP contribution in [0.25, 0.3) is 0 Å². The number of benzene rings is 1. The lowest BCUT2D eigenvalue weighted by molar-refractivity contribution is -0.139. The largest absolute Gasteiger partial charge is 0.467 e. The third-order valence-corrected chi connectivity index (χ3v) is 4.17. The summed E-state index contributed by atoms with van der Waals surface area (Å²) < 4.78 is 7.29. The van der Waals surface area contributed by atoms with Crippen molar-refractivity contribution in [3.05, 3.63) is 77.5 Å². The Kier molecular flexibility index (Phi) is 5.71. The summed E-state index contributed by atoms with van der Waals surface area (Å²) in [6.45, 7) is 4.32. The molecule has 2 N–H and O–H groups in total. The van der Waals surface area contributed by atoms with E-state index in [9.17, 15) is 9.59 Å². The van der Waals surface area contributed by atoms with Gasteiger partial charge in [0.1, 0.15) is 11.8 Å². The van der Waals surface area contributed by atoms with E-state index >= 15 is 0 Å². The Balaban J connectivity index is 1.62. The second kappa shape index (κ2) is 8.35. The minimum absolute atomic E-state index is 0.188. The molecule has 140 valence electrons. The van der Waals surface area contributed by atoms with E-state index in [0.717, 1.165) is 17.0 Å². The van der Waals surface area contributed by atoms with E-state index < -0.39 is 11.8 Å². The molecule has 3 rings (SSSR count). The topological polar surface area (TPSA) is 89.2 Å². The maximum atomic E-state index is 12.2. The lowest BCUT2D eigenvalue weighted by Crippen LogP contribution is -2.42. The molecular weight excluding hydrogens is 344 g/mol. The number of aryl methyl sites for hydroxylation is 2. The van der Waals surface area contributed by atoms with Crippen molar-refractivity contribution in [2.24, 2.45) is 0 Å². The van der Waals surface area contributed by atoms with E-state index in [1.54, 1.807) is 17.0 Å². The highest BCUT2D eigenvalue weighted by Crippen LogP contribution is 2.20. The molecule has 2 aromatic heterocycles. The SMILES string of the molecule is Cc1cc(C)n(C(CNC(=O)C(=O)NCc2ccccc2)c2ccco2)n1. The molecule has 2 amide bonds. The van der Waals surface area contributed by atoms with Crippen molar-refractivity contribution >= 4 is 11.8 Å². The predicted octanol–water partition coefficient (Wildman–Crippen LogP) is 2.11. The van der Waals surface area contributed by atoms with Crippen molar-refractivity contribution in [1.82, 2.24) is 20.4 Å². The zero-order valence-corrected chi connectivity index (χ0v) is 15.3. The molecule has 1 unspecified atom stereocenters. The average Bonchev–Trinajstić information content (AvgIpc) is 3.31. The standard InChI is InChI=1S/C20H22N4O3/c1-14-11-15(2)24(23-14)17(18-9-6-10-27-18)13-22-20(26)19(25)21-12-16-7-4-3-5-8-16/h3-11,17H,12-13H2,1-2H3,(H,21,25)(H,22,26). The first kappa shape index (κ1) is 18.4. The lowest BCUT2D eigenvalue weighted by atomic mass is 10.2. The lowest BCUT2D eigenvalue weighted by Gasteiger charge is -2.18. The molecule has 0 saturated carbocycles. The smallest absolute Gasteiger partial charge is 0.309 e. The molecule has 7 nitrogen and oxygen atoms in total. The van der Waals surface area contributed by atoms with Crippen LogP contribution in [0.1, 0.15) is 28.8 Å². The summed E-state index contributed by atoms with van der Waals surface area (Å²) in [6, 6.07) is 14.6. The van der Waals surface area contributed by atoms with Gasteiger partial charge in [0.2, 0.25) is 0 Å². The van der Waals surface area contributed by atoms with Crippen LogP contribution in [0.4, 0.5) is 0 Å². The van der Waals surface area contributed by atoms with Gasteiger partial charge in [-0.25, -0.2) is 0 Å². The van der Waals surface area contributed by atoms with Crippen LogP contribution in [-0.2, 0) is 16.1 Å². The van der Waals surface area contributed by atoms with Crippen LogP contribution in [0.3, 0.4) is 0 Å². The van der Waals surface area contributed by atoms with Gasteiger partial charge in [0, 0.05) is 18.8 Å². The van der Waals surface area contributed by atoms with Crippen LogP contribution in [-0.4, -0.2) is 28.1 Å². The van der Waals surface area contributed by atoms with Crippen molar-refractivity contribution in [3.8, 4) is 0 Å². The van der Waals surface area contributed by atoms with E-state index in [4.69, 9.17) is 4.42 Å². The summed E-state index contributed by atoms with van der Waals surface area (Å²) in [7, 11) is 0. The summed E-state index contributed by atoms with van der Waals surface area (Å²) in [6.07, 6.45) is 1.57. The van der Waals surface area contributed by atoms with Gasteiger partial charge in [-0.3, -0.25) is 14.3 Å². The normalized spacial score (nSPS) is 11.8. The summed E-state index contributed by atoms with van der Waals surface area (Å²) in [5.74, 6) is -0.708. The second-order valence-corrected chi connectivity index (χ2v) is 6.28. The van der Waals surface area contributed by atoms with Crippen LogP contribution in [0, 0.1) is 13.8 Å². The minimum Gasteiger partial charge on any atom is -0.467 e. The van der Waals surface area contributed by atoms with E-state index in [1.165, 1.54) is 0 Å². The predicted molar refractivity (Wildman–Crippen MR) is 99.8 cm³/mol. The van der Waals surface area contributed by atoms with E-state index in [2.05, 4.69) is 15.7 Å². The molecule has 1 atom stereocenters. The number of amides is 2. The molecular formula is C20H22N4O3. The van der Waals surface area contributed by atoms with Gasteiger partial charge in [0.25, 0.3) is 0 Å². The van der Waals surface area contributed by atoms with Gasteiger partial charge < -0.3 is 15.1 Å². The number of furan rings is 1. The first-order chi connectivity index (χ1) is 13.0. The number of hydrogen-bond donors (Lipinski definition) is 2. The molecule has 0 fully saturated rings. The molecule has 0 radical (unpaired) electrons. The molecule has 0 aliphatic carbocycles. The number of carbonyl (C=O) groups excluding carboxylic acids is 2. The van der Waals surface area contributed by atoms with Gasteiger partial charge in [-0.15, -0.1) is 0 Å². The first-order valence-electron chi connectivity index (χ1n) is 8.70. The number of nitrogens with one attached hydrogen (secondary N) is 2.